The zero-order valence-electron chi connectivity index (χ0n) is 19.2. The average Bonchev–Trinajstić information content (AvgIpc) is 3.20. The van der Waals surface area contributed by atoms with Crippen molar-refractivity contribution in [1.29, 1.82) is 0 Å². The maximum absolute atomic E-state index is 13.3. The molecule has 3 rings (SSSR count). The van der Waals surface area contributed by atoms with Crippen LogP contribution in [0.4, 0.5) is 0 Å². The predicted molar refractivity (Wildman–Crippen MR) is 126 cm³/mol. The van der Waals surface area contributed by atoms with E-state index in [0.717, 1.165) is 23.5 Å². The van der Waals surface area contributed by atoms with Gasteiger partial charge in [-0.05, 0) is 50.5 Å². The SMILES string of the molecule is Cc1ccc(CN(CCc2ccccc2)C(=O)CN(C(=O)Cc2ccccc2)C(C)C)o1. The molecule has 2 amide bonds. The zero-order valence-corrected chi connectivity index (χ0v) is 19.2. The molecule has 0 spiro atoms. The van der Waals surface area contributed by atoms with Gasteiger partial charge in [0.1, 0.15) is 11.5 Å². The number of hydrogen-bond acceptors (Lipinski definition) is 3. The van der Waals surface area contributed by atoms with Crippen LogP contribution in [0.1, 0.15) is 36.5 Å². The monoisotopic (exact) mass is 432 g/mol. The van der Waals surface area contributed by atoms with Gasteiger partial charge in [-0.15, -0.1) is 0 Å². The molecule has 5 nitrogen and oxygen atoms in total. The van der Waals surface area contributed by atoms with E-state index >= 15 is 0 Å². The highest BCUT2D eigenvalue weighted by Crippen LogP contribution is 2.13. The van der Waals surface area contributed by atoms with Gasteiger partial charge in [0.25, 0.3) is 0 Å². The zero-order chi connectivity index (χ0) is 22.9. The second kappa shape index (κ2) is 11.3. The first kappa shape index (κ1) is 23.3. The number of nitrogens with zero attached hydrogens (tertiary/aromatic N) is 2. The Morgan fingerprint density at radius 1 is 0.844 bits per heavy atom. The second-order valence-corrected chi connectivity index (χ2v) is 8.34. The third-order valence-corrected chi connectivity index (χ3v) is 5.46. The molecule has 0 saturated carbocycles. The Morgan fingerprint density at radius 2 is 1.47 bits per heavy atom. The lowest BCUT2D eigenvalue weighted by molar-refractivity contribution is -0.142. The largest absolute Gasteiger partial charge is 0.464 e. The van der Waals surface area contributed by atoms with Crippen LogP contribution in [0.2, 0.25) is 0 Å². The number of carbonyl (C=O) groups excluding carboxylic acids is 2. The summed E-state index contributed by atoms with van der Waals surface area (Å²) in [6.45, 7) is 6.78. The van der Waals surface area contributed by atoms with Crippen LogP contribution in [0.3, 0.4) is 0 Å². The van der Waals surface area contributed by atoms with Gasteiger partial charge in [0.2, 0.25) is 11.8 Å². The minimum atomic E-state index is -0.0786. The molecular weight excluding hydrogens is 400 g/mol. The first-order chi connectivity index (χ1) is 15.4. The van der Waals surface area contributed by atoms with Crippen LogP contribution >= 0.6 is 0 Å². The molecule has 0 fully saturated rings. The lowest BCUT2D eigenvalue weighted by atomic mass is 10.1. The van der Waals surface area contributed by atoms with Crippen LogP contribution in [-0.4, -0.2) is 40.7 Å². The van der Waals surface area contributed by atoms with Gasteiger partial charge >= 0.3 is 0 Å². The van der Waals surface area contributed by atoms with E-state index in [4.69, 9.17) is 4.42 Å². The van der Waals surface area contributed by atoms with Crippen molar-refractivity contribution >= 4 is 11.8 Å². The van der Waals surface area contributed by atoms with E-state index in [2.05, 4.69) is 12.1 Å². The Balaban J connectivity index is 1.71. The Kier molecular flexibility index (Phi) is 8.26. The number of aryl methyl sites for hydroxylation is 1. The van der Waals surface area contributed by atoms with Crippen LogP contribution in [0, 0.1) is 6.92 Å². The van der Waals surface area contributed by atoms with Crippen molar-refractivity contribution in [2.45, 2.75) is 46.2 Å². The van der Waals surface area contributed by atoms with Crippen LogP contribution in [0.15, 0.2) is 77.2 Å². The minimum absolute atomic E-state index is 0.0450. The molecule has 0 aliphatic rings. The van der Waals surface area contributed by atoms with Gasteiger partial charge < -0.3 is 14.2 Å². The summed E-state index contributed by atoms with van der Waals surface area (Å²) in [4.78, 5) is 29.8. The third-order valence-electron chi connectivity index (χ3n) is 5.46. The van der Waals surface area contributed by atoms with Gasteiger partial charge in [0.05, 0.1) is 19.5 Å². The fourth-order valence-corrected chi connectivity index (χ4v) is 3.64. The molecule has 1 aromatic heterocycles. The van der Waals surface area contributed by atoms with Gasteiger partial charge in [0, 0.05) is 12.6 Å². The minimum Gasteiger partial charge on any atom is -0.464 e. The topological polar surface area (TPSA) is 53.8 Å². The fraction of sp³-hybridized carbons (Fsp3) is 0.333. The highest BCUT2D eigenvalue weighted by atomic mass is 16.3. The maximum atomic E-state index is 13.3. The summed E-state index contributed by atoms with van der Waals surface area (Å²) in [5.74, 6) is 1.44. The first-order valence-corrected chi connectivity index (χ1v) is 11.1. The Hall–Kier alpha value is -3.34. The number of amides is 2. The van der Waals surface area contributed by atoms with Crippen LogP contribution in [-0.2, 0) is 29.0 Å². The van der Waals surface area contributed by atoms with Crippen molar-refractivity contribution in [2.24, 2.45) is 0 Å². The molecule has 0 aliphatic heterocycles. The van der Waals surface area contributed by atoms with E-state index in [9.17, 15) is 9.59 Å². The molecule has 0 saturated heterocycles. The van der Waals surface area contributed by atoms with Crippen molar-refractivity contribution in [1.82, 2.24) is 9.80 Å². The van der Waals surface area contributed by atoms with Crippen molar-refractivity contribution in [3.05, 3.63) is 95.4 Å². The molecule has 1 heterocycles. The number of rotatable bonds is 10. The summed E-state index contributed by atoms with van der Waals surface area (Å²) in [6.07, 6.45) is 1.03. The summed E-state index contributed by atoms with van der Waals surface area (Å²) >= 11 is 0. The lowest BCUT2D eigenvalue weighted by Gasteiger charge is -2.30. The summed E-state index contributed by atoms with van der Waals surface area (Å²) in [7, 11) is 0. The molecular formula is C27H32N2O3. The van der Waals surface area contributed by atoms with Gasteiger partial charge in [0.15, 0.2) is 0 Å². The third kappa shape index (κ3) is 6.84. The Bertz CT molecular complexity index is 996. The van der Waals surface area contributed by atoms with Crippen LogP contribution < -0.4 is 0 Å². The molecule has 0 bridgehead atoms. The number of hydrogen-bond donors (Lipinski definition) is 0. The molecule has 32 heavy (non-hydrogen) atoms. The molecule has 2 aromatic carbocycles. The van der Waals surface area contributed by atoms with E-state index < -0.39 is 0 Å². The first-order valence-electron chi connectivity index (χ1n) is 11.1. The molecule has 5 heteroatoms. The summed E-state index contributed by atoms with van der Waals surface area (Å²) in [6, 6.07) is 23.5. The van der Waals surface area contributed by atoms with E-state index in [1.807, 2.05) is 81.4 Å². The fourth-order valence-electron chi connectivity index (χ4n) is 3.64. The summed E-state index contributed by atoms with van der Waals surface area (Å²) in [5.41, 5.74) is 2.12. The predicted octanol–water partition coefficient (Wildman–Crippen LogP) is 4.64. The van der Waals surface area contributed by atoms with Crippen molar-refractivity contribution in [2.75, 3.05) is 13.1 Å². The Labute approximate surface area is 190 Å². The standard InChI is InChI=1S/C27H32N2O3/c1-21(2)29(26(30)18-24-12-8-5-9-13-24)20-27(31)28(19-25-15-14-22(3)32-25)17-16-23-10-6-4-7-11-23/h4-15,21H,16-20H2,1-3H3. The van der Waals surface area contributed by atoms with E-state index in [0.29, 0.717) is 13.1 Å². The highest BCUT2D eigenvalue weighted by Gasteiger charge is 2.24. The van der Waals surface area contributed by atoms with Crippen LogP contribution in [0.25, 0.3) is 0 Å². The van der Waals surface area contributed by atoms with E-state index in [-0.39, 0.29) is 30.8 Å². The highest BCUT2D eigenvalue weighted by molar-refractivity contribution is 5.86. The van der Waals surface area contributed by atoms with Gasteiger partial charge in [-0.3, -0.25) is 9.59 Å². The van der Waals surface area contributed by atoms with E-state index in [1.165, 1.54) is 5.56 Å². The molecule has 0 atom stereocenters. The molecule has 0 radical (unpaired) electrons. The molecule has 0 N–H and O–H groups in total. The summed E-state index contributed by atoms with van der Waals surface area (Å²) < 4.78 is 5.72. The Morgan fingerprint density at radius 3 is 2.03 bits per heavy atom. The van der Waals surface area contributed by atoms with Crippen molar-refractivity contribution < 1.29 is 14.0 Å². The van der Waals surface area contributed by atoms with Gasteiger partial charge in [-0.1, -0.05) is 60.7 Å². The van der Waals surface area contributed by atoms with Gasteiger partial charge in [-0.25, -0.2) is 0 Å². The number of furan rings is 1. The van der Waals surface area contributed by atoms with Crippen LogP contribution in [0.5, 0.6) is 0 Å². The second-order valence-electron chi connectivity index (χ2n) is 8.34. The maximum Gasteiger partial charge on any atom is 0.242 e. The molecule has 0 unspecified atom stereocenters. The van der Waals surface area contributed by atoms with Gasteiger partial charge in [-0.2, -0.15) is 0 Å². The lowest BCUT2D eigenvalue weighted by Crippen LogP contribution is -2.46. The van der Waals surface area contributed by atoms with Crippen molar-refractivity contribution in [3.63, 3.8) is 0 Å². The van der Waals surface area contributed by atoms with E-state index in [1.54, 1.807) is 9.80 Å². The smallest absolute Gasteiger partial charge is 0.242 e. The quantitative estimate of drug-likeness (QED) is 0.469. The molecule has 0 aliphatic carbocycles. The van der Waals surface area contributed by atoms with Crippen molar-refractivity contribution in [3.8, 4) is 0 Å². The number of carbonyl (C=O) groups is 2. The molecule has 168 valence electrons. The molecule has 3 aromatic rings. The summed E-state index contributed by atoms with van der Waals surface area (Å²) in [5, 5.41) is 0. The average molecular weight is 433 g/mol. The number of benzene rings is 2. The normalized spacial score (nSPS) is 10.9.